The number of halogens is 2. The van der Waals surface area contributed by atoms with Crippen LogP contribution in [0, 0.1) is 0 Å². The predicted octanol–water partition coefficient (Wildman–Crippen LogP) is 3.66. The van der Waals surface area contributed by atoms with Gasteiger partial charge in [-0.3, -0.25) is 4.90 Å². The highest BCUT2D eigenvalue weighted by Gasteiger charge is 2.20. The van der Waals surface area contributed by atoms with Crippen molar-refractivity contribution >= 4 is 40.5 Å². The molecule has 2 aromatic heterocycles. The fourth-order valence-electron chi connectivity index (χ4n) is 3.75. The number of nitrogens with zero attached hydrogens (tertiary/aromatic N) is 6. The predicted molar refractivity (Wildman–Crippen MR) is 138 cm³/mol. The summed E-state index contributed by atoms with van der Waals surface area (Å²) in [5, 5.41) is 7.19. The standard InChI is InChI=1S/C23H28Cl2N8O2/c1-32-6-8-33(9-7-32)5-4-27-19-10-16(28-14-29-19)15-12-26-13-30-23(15)31-22-20(24)17(34-2)11-18(35-3)21(22)25/h10-14H,4-9H2,1-3H3,(H,26,30,31)(H,27,28,29). The first-order valence-corrected chi connectivity index (χ1v) is 11.9. The first-order chi connectivity index (χ1) is 17.0. The third-order valence-electron chi connectivity index (χ3n) is 5.80. The van der Waals surface area contributed by atoms with Crippen LogP contribution < -0.4 is 20.1 Å². The van der Waals surface area contributed by atoms with Gasteiger partial charge in [-0.2, -0.15) is 0 Å². The summed E-state index contributed by atoms with van der Waals surface area (Å²) in [5.74, 6) is 2.03. The van der Waals surface area contributed by atoms with Crippen molar-refractivity contribution in [1.82, 2.24) is 29.7 Å². The summed E-state index contributed by atoms with van der Waals surface area (Å²) in [4.78, 5) is 22.1. The number of piperazine rings is 1. The van der Waals surface area contributed by atoms with Crippen LogP contribution in [0.3, 0.4) is 0 Å². The summed E-state index contributed by atoms with van der Waals surface area (Å²) in [7, 11) is 5.20. The van der Waals surface area contributed by atoms with Gasteiger partial charge in [0.25, 0.3) is 0 Å². The van der Waals surface area contributed by atoms with Crippen molar-refractivity contribution in [3.63, 3.8) is 0 Å². The summed E-state index contributed by atoms with van der Waals surface area (Å²) < 4.78 is 10.7. The number of hydrogen-bond acceptors (Lipinski definition) is 10. The molecule has 0 unspecified atom stereocenters. The molecular formula is C23H28Cl2N8O2. The van der Waals surface area contributed by atoms with Crippen LogP contribution in [0.5, 0.6) is 11.5 Å². The Kier molecular flexibility index (Phi) is 8.40. The third-order valence-corrected chi connectivity index (χ3v) is 6.55. The molecule has 1 fully saturated rings. The summed E-state index contributed by atoms with van der Waals surface area (Å²) in [5.41, 5.74) is 1.71. The summed E-state index contributed by atoms with van der Waals surface area (Å²) in [6, 6.07) is 3.49. The van der Waals surface area contributed by atoms with Gasteiger partial charge in [0.2, 0.25) is 0 Å². The zero-order chi connectivity index (χ0) is 24.8. The van der Waals surface area contributed by atoms with E-state index in [0.29, 0.717) is 44.3 Å². The second-order valence-electron chi connectivity index (χ2n) is 8.05. The second-order valence-corrected chi connectivity index (χ2v) is 8.81. The lowest BCUT2D eigenvalue weighted by atomic mass is 10.2. The van der Waals surface area contributed by atoms with E-state index in [0.717, 1.165) is 45.1 Å². The van der Waals surface area contributed by atoms with E-state index in [4.69, 9.17) is 32.7 Å². The molecule has 0 spiro atoms. The molecule has 0 amide bonds. The molecule has 1 saturated heterocycles. The van der Waals surface area contributed by atoms with Gasteiger partial charge in [-0.1, -0.05) is 23.2 Å². The van der Waals surface area contributed by atoms with E-state index in [1.165, 1.54) is 26.9 Å². The number of benzene rings is 1. The fourth-order valence-corrected chi connectivity index (χ4v) is 4.34. The molecule has 3 heterocycles. The van der Waals surface area contributed by atoms with Gasteiger partial charge in [0, 0.05) is 57.6 Å². The number of likely N-dealkylation sites (N-methyl/N-ethyl adjacent to an activating group) is 1. The summed E-state index contributed by atoms with van der Waals surface area (Å²) in [6.45, 7) is 6.06. The molecule has 0 aliphatic carbocycles. The van der Waals surface area contributed by atoms with Gasteiger partial charge in [-0.05, 0) is 7.05 Å². The molecule has 0 saturated carbocycles. The monoisotopic (exact) mass is 518 g/mol. The zero-order valence-electron chi connectivity index (χ0n) is 19.9. The van der Waals surface area contributed by atoms with Crippen molar-refractivity contribution in [3.8, 4) is 22.8 Å². The molecule has 2 N–H and O–H groups in total. The Morgan fingerprint density at radius 1 is 0.943 bits per heavy atom. The first-order valence-electron chi connectivity index (χ1n) is 11.1. The molecule has 0 atom stereocenters. The molecule has 35 heavy (non-hydrogen) atoms. The number of methoxy groups -OCH3 is 2. The molecule has 0 bridgehead atoms. The number of nitrogens with one attached hydrogen (secondary N) is 2. The number of rotatable bonds is 9. The van der Waals surface area contributed by atoms with Crippen LogP contribution in [0.2, 0.25) is 10.0 Å². The van der Waals surface area contributed by atoms with Crippen molar-refractivity contribution in [2.24, 2.45) is 0 Å². The first kappa shape index (κ1) is 25.2. The molecule has 12 heteroatoms. The maximum atomic E-state index is 6.53. The van der Waals surface area contributed by atoms with E-state index in [1.807, 2.05) is 6.07 Å². The minimum Gasteiger partial charge on any atom is -0.495 e. The van der Waals surface area contributed by atoms with Crippen LogP contribution in [0.15, 0.2) is 31.0 Å². The van der Waals surface area contributed by atoms with Crippen molar-refractivity contribution in [1.29, 1.82) is 0 Å². The lowest BCUT2D eigenvalue weighted by Gasteiger charge is -2.32. The Balaban J connectivity index is 1.53. The third kappa shape index (κ3) is 6.02. The molecule has 1 aromatic carbocycles. The summed E-state index contributed by atoms with van der Waals surface area (Å²) in [6.07, 6.45) is 4.62. The van der Waals surface area contributed by atoms with Crippen LogP contribution in [0.1, 0.15) is 0 Å². The van der Waals surface area contributed by atoms with Gasteiger partial charge < -0.3 is 25.0 Å². The molecule has 0 radical (unpaired) electrons. The second kappa shape index (κ2) is 11.7. The lowest BCUT2D eigenvalue weighted by Crippen LogP contribution is -2.45. The lowest BCUT2D eigenvalue weighted by molar-refractivity contribution is 0.158. The molecule has 3 aromatic rings. The van der Waals surface area contributed by atoms with E-state index in [2.05, 4.69) is 47.4 Å². The highest BCUT2D eigenvalue weighted by atomic mass is 35.5. The average molecular weight is 519 g/mol. The van der Waals surface area contributed by atoms with E-state index in [-0.39, 0.29) is 0 Å². The summed E-state index contributed by atoms with van der Waals surface area (Å²) >= 11 is 13.1. The van der Waals surface area contributed by atoms with Crippen molar-refractivity contribution in [2.45, 2.75) is 0 Å². The Morgan fingerprint density at radius 3 is 2.34 bits per heavy atom. The normalized spacial score (nSPS) is 14.5. The Hall–Kier alpha value is -2.92. The van der Waals surface area contributed by atoms with Crippen LogP contribution in [-0.4, -0.2) is 90.3 Å². The fraction of sp³-hybridized carbons (Fsp3) is 0.391. The Morgan fingerprint density at radius 2 is 1.66 bits per heavy atom. The van der Waals surface area contributed by atoms with Crippen molar-refractivity contribution in [3.05, 3.63) is 41.0 Å². The smallest absolute Gasteiger partial charge is 0.143 e. The van der Waals surface area contributed by atoms with Crippen molar-refractivity contribution in [2.75, 3.05) is 71.2 Å². The van der Waals surface area contributed by atoms with Crippen molar-refractivity contribution < 1.29 is 9.47 Å². The number of aromatic nitrogens is 4. The highest BCUT2D eigenvalue weighted by Crippen LogP contribution is 2.45. The van der Waals surface area contributed by atoms with E-state index in [1.54, 1.807) is 12.3 Å². The topological polar surface area (TPSA) is 101 Å². The number of hydrogen-bond donors (Lipinski definition) is 2. The van der Waals surface area contributed by atoms with E-state index < -0.39 is 0 Å². The number of anilines is 3. The molecule has 186 valence electrons. The molecular weight excluding hydrogens is 491 g/mol. The minimum atomic E-state index is 0.303. The van der Waals surface area contributed by atoms with Crippen LogP contribution in [-0.2, 0) is 0 Å². The largest absolute Gasteiger partial charge is 0.495 e. The molecule has 1 aliphatic heterocycles. The van der Waals surface area contributed by atoms with Gasteiger partial charge in [0.05, 0.1) is 31.2 Å². The van der Waals surface area contributed by atoms with E-state index >= 15 is 0 Å². The molecule has 10 nitrogen and oxygen atoms in total. The zero-order valence-corrected chi connectivity index (χ0v) is 21.4. The van der Waals surface area contributed by atoms with Gasteiger partial charge in [-0.15, -0.1) is 0 Å². The highest BCUT2D eigenvalue weighted by molar-refractivity contribution is 6.41. The van der Waals surface area contributed by atoms with Crippen LogP contribution in [0.25, 0.3) is 11.3 Å². The van der Waals surface area contributed by atoms with Crippen LogP contribution >= 0.6 is 23.2 Å². The minimum absolute atomic E-state index is 0.303. The Labute approximate surface area is 214 Å². The SMILES string of the molecule is COc1cc(OC)c(Cl)c(Nc2ncncc2-c2cc(NCCN3CCN(C)CC3)ncn2)c1Cl. The average Bonchev–Trinajstić information content (AvgIpc) is 2.88. The van der Waals surface area contributed by atoms with E-state index in [9.17, 15) is 0 Å². The van der Waals surface area contributed by atoms with Gasteiger partial charge >= 0.3 is 0 Å². The molecule has 1 aliphatic rings. The maximum Gasteiger partial charge on any atom is 0.143 e. The quantitative estimate of drug-likeness (QED) is 0.436. The van der Waals surface area contributed by atoms with Gasteiger partial charge in [0.15, 0.2) is 0 Å². The van der Waals surface area contributed by atoms with Gasteiger partial charge in [-0.25, -0.2) is 19.9 Å². The maximum absolute atomic E-state index is 6.53. The number of ether oxygens (including phenoxy) is 2. The molecule has 4 rings (SSSR count). The van der Waals surface area contributed by atoms with Crippen LogP contribution in [0.4, 0.5) is 17.3 Å². The van der Waals surface area contributed by atoms with Gasteiger partial charge in [0.1, 0.15) is 45.8 Å². The Bertz CT molecular complexity index is 1130.